The van der Waals surface area contributed by atoms with Crippen LogP contribution in [0.15, 0.2) is 16.5 Å². The number of hydrogen-bond donors (Lipinski definition) is 1. The summed E-state index contributed by atoms with van der Waals surface area (Å²) in [6.07, 6.45) is 3.00. The van der Waals surface area contributed by atoms with Crippen LogP contribution >= 0.6 is 0 Å². The molecule has 1 aliphatic rings. The van der Waals surface area contributed by atoms with E-state index in [1.165, 1.54) is 0 Å². The number of carbonyl (C=O) groups is 1. The van der Waals surface area contributed by atoms with E-state index in [1.807, 2.05) is 19.9 Å². The number of rotatable bonds is 2. The molecule has 2 rings (SSSR count). The van der Waals surface area contributed by atoms with E-state index in [9.17, 15) is 9.90 Å². The highest BCUT2D eigenvalue weighted by atomic mass is 16.4. The molecule has 1 saturated heterocycles. The van der Waals surface area contributed by atoms with Crippen LogP contribution in [0, 0.1) is 0 Å². The third-order valence-corrected chi connectivity index (χ3v) is 3.57. The van der Waals surface area contributed by atoms with Gasteiger partial charge < -0.3 is 14.4 Å². The smallest absolute Gasteiger partial charge is 0.289 e. The fraction of sp³-hybridized carbons (Fsp3) is 0.643. The Labute approximate surface area is 108 Å². The van der Waals surface area contributed by atoms with Gasteiger partial charge in [0.15, 0.2) is 5.76 Å². The number of hydrogen-bond acceptors (Lipinski definition) is 3. The van der Waals surface area contributed by atoms with Gasteiger partial charge in [-0.2, -0.15) is 0 Å². The fourth-order valence-corrected chi connectivity index (χ4v) is 2.31. The highest BCUT2D eigenvalue weighted by molar-refractivity contribution is 5.91. The molecule has 0 spiro atoms. The van der Waals surface area contributed by atoms with Crippen molar-refractivity contribution in [2.45, 2.75) is 45.1 Å². The van der Waals surface area contributed by atoms with Crippen molar-refractivity contribution in [2.75, 3.05) is 13.1 Å². The number of amides is 1. The molecule has 1 unspecified atom stereocenters. The lowest BCUT2D eigenvalue weighted by atomic mass is 9.98. The summed E-state index contributed by atoms with van der Waals surface area (Å²) in [4.78, 5) is 14.0. The third-order valence-electron chi connectivity index (χ3n) is 3.57. The SMILES string of the molecule is CCc1ccc(C(=O)N2CCCC(C)(O)CC2)o1. The molecule has 4 heteroatoms. The Balaban J connectivity index is 2.05. The summed E-state index contributed by atoms with van der Waals surface area (Å²) in [5.74, 6) is 1.18. The van der Waals surface area contributed by atoms with Crippen molar-refractivity contribution in [3.63, 3.8) is 0 Å². The minimum atomic E-state index is -0.646. The van der Waals surface area contributed by atoms with Crippen LogP contribution in [-0.2, 0) is 6.42 Å². The Bertz CT molecular complexity index is 422. The van der Waals surface area contributed by atoms with Gasteiger partial charge >= 0.3 is 0 Å². The van der Waals surface area contributed by atoms with Gasteiger partial charge in [0, 0.05) is 19.5 Å². The Morgan fingerprint density at radius 1 is 1.44 bits per heavy atom. The lowest BCUT2D eigenvalue weighted by molar-refractivity contribution is 0.0434. The molecule has 0 radical (unpaired) electrons. The average Bonchev–Trinajstić information content (AvgIpc) is 2.74. The lowest BCUT2D eigenvalue weighted by Gasteiger charge is -2.21. The zero-order valence-electron chi connectivity index (χ0n) is 11.1. The van der Waals surface area contributed by atoms with Crippen LogP contribution in [-0.4, -0.2) is 34.6 Å². The first-order valence-corrected chi connectivity index (χ1v) is 6.62. The second-order valence-corrected chi connectivity index (χ2v) is 5.26. The molecular formula is C14H21NO3. The van der Waals surface area contributed by atoms with E-state index < -0.39 is 5.60 Å². The molecule has 18 heavy (non-hydrogen) atoms. The number of carbonyl (C=O) groups excluding carboxylic acids is 1. The van der Waals surface area contributed by atoms with E-state index in [-0.39, 0.29) is 5.91 Å². The van der Waals surface area contributed by atoms with Crippen LogP contribution in [0.1, 0.15) is 49.4 Å². The van der Waals surface area contributed by atoms with Crippen molar-refractivity contribution < 1.29 is 14.3 Å². The summed E-state index contributed by atoms with van der Waals surface area (Å²) < 4.78 is 5.49. The second kappa shape index (κ2) is 5.14. The predicted molar refractivity (Wildman–Crippen MR) is 68.5 cm³/mol. The number of nitrogens with zero attached hydrogens (tertiary/aromatic N) is 1. The highest BCUT2D eigenvalue weighted by Crippen LogP contribution is 2.22. The van der Waals surface area contributed by atoms with Crippen LogP contribution < -0.4 is 0 Å². The minimum absolute atomic E-state index is 0.0626. The second-order valence-electron chi connectivity index (χ2n) is 5.26. The minimum Gasteiger partial charge on any atom is -0.456 e. The van der Waals surface area contributed by atoms with Crippen LogP contribution in [0.3, 0.4) is 0 Å². The number of aryl methyl sites for hydroxylation is 1. The average molecular weight is 251 g/mol. The fourth-order valence-electron chi connectivity index (χ4n) is 2.31. The van der Waals surface area contributed by atoms with Gasteiger partial charge in [-0.3, -0.25) is 4.79 Å². The maximum atomic E-state index is 12.2. The maximum absolute atomic E-state index is 12.2. The van der Waals surface area contributed by atoms with E-state index in [2.05, 4.69) is 0 Å². The molecule has 0 aromatic carbocycles. The summed E-state index contributed by atoms with van der Waals surface area (Å²) in [5, 5.41) is 10.0. The quantitative estimate of drug-likeness (QED) is 0.876. The molecule has 2 heterocycles. The predicted octanol–water partition coefficient (Wildman–Crippen LogP) is 2.22. The number of aliphatic hydroxyl groups is 1. The Kier molecular flexibility index (Phi) is 3.76. The monoisotopic (exact) mass is 251 g/mol. The van der Waals surface area contributed by atoms with Crippen LogP contribution in [0.5, 0.6) is 0 Å². The van der Waals surface area contributed by atoms with Gasteiger partial charge in [-0.15, -0.1) is 0 Å². The summed E-state index contributed by atoms with van der Waals surface area (Å²) in [6, 6.07) is 3.59. The first kappa shape index (κ1) is 13.1. The molecule has 1 aliphatic heterocycles. The van der Waals surface area contributed by atoms with Crippen molar-refractivity contribution in [3.8, 4) is 0 Å². The Morgan fingerprint density at radius 3 is 2.89 bits per heavy atom. The summed E-state index contributed by atoms with van der Waals surface area (Å²) in [5.41, 5.74) is -0.646. The zero-order valence-corrected chi connectivity index (χ0v) is 11.1. The molecule has 1 amide bonds. The van der Waals surface area contributed by atoms with Crippen molar-refractivity contribution in [1.82, 2.24) is 4.90 Å². The summed E-state index contributed by atoms with van der Waals surface area (Å²) in [7, 11) is 0. The number of furan rings is 1. The molecule has 1 aromatic heterocycles. The number of likely N-dealkylation sites (tertiary alicyclic amines) is 1. The molecule has 0 bridgehead atoms. The normalized spacial score (nSPS) is 24.9. The van der Waals surface area contributed by atoms with Gasteiger partial charge in [-0.05, 0) is 38.3 Å². The third kappa shape index (κ3) is 2.93. The zero-order chi connectivity index (χ0) is 13.2. The van der Waals surface area contributed by atoms with Crippen molar-refractivity contribution in [2.24, 2.45) is 0 Å². The van der Waals surface area contributed by atoms with Crippen LogP contribution in [0.4, 0.5) is 0 Å². The molecule has 4 nitrogen and oxygen atoms in total. The van der Waals surface area contributed by atoms with Crippen LogP contribution in [0.2, 0.25) is 0 Å². The van der Waals surface area contributed by atoms with E-state index >= 15 is 0 Å². The molecule has 0 saturated carbocycles. The van der Waals surface area contributed by atoms with E-state index in [4.69, 9.17) is 4.42 Å². The molecule has 1 aromatic rings. The summed E-state index contributed by atoms with van der Waals surface area (Å²) in [6.45, 7) is 5.12. The molecule has 1 N–H and O–H groups in total. The van der Waals surface area contributed by atoms with Gasteiger partial charge in [0.25, 0.3) is 5.91 Å². The first-order valence-electron chi connectivity index (χ1n) is 6.62. The molecule has 1 fully saturated rings. The van der Waals surface area contributed by atoms with Gasteiger partial charge in [0.1, 0.15) is 5.76 Å². The lowest BCUT2D eigenvalue weighted by Crippen LogP contribution is -2.33. The summed E-state index contributed by atoms with van der Waals surface area (Å²) >= 11 is 0. The van der Waals surface area contributed by atoms with Gasteiger partial charge in [0.05, 0.1) is 5.60 Å². The van der Waals surface area contributed by atoms with Crippen molar-refractivity contribution >= 4 is 5.91 Å². The first-order chi connectivity index (χ1) is 8.52. The topological polar surface area (TPSA) is 53.7 Å². The van der Waals surface area contributed by atoms with Gasteiger partial charge in [-0.1, -0.05) is 6.92 Å². The van der Waals surface area contributed by atoms with E-state index in [0.717, 1.165) is 25.0 Å². The van der Waals surface area contributed by atoms with E-state index in [0.29, 0.717) is 25.3 Å². The highest BCUT2D eigenvalue weighted by Gasteiger charge is 2.28. The largest absolute Gasteiger partial charge is 0.456 e. The molecule has 100 valence electrons. The van der Waals surface area contributed by atoms with E-state index in [1.54, 1.807) is 11.0 Å². The van der Waals surface area contributed by atoms with Crippen molar-refractivity contribution in [3.05, 3.63) is 23.7 Å². The van der Waals surface area contributed by atoms with Crippen LogP contribution in [0.25, 0.3) is 0 Å². The molecule has 1 atom stereocenters. The molecular weight excluding hydrogens is 230 g/mol. The van der Waals surface area contributed by atoms with Gasteiger partial charge in [0.2, 0.25) is 0 Å². The molecule has 0 aliphatic carbocycles. The Morgan fingerprint density at radius 2 is 2.22 bits per heavy atom. The van der Waals surface area contributed by atoms with Gasteiger partial charge in [-0.25, -0.2) is 0 Å². The van der Waals surface area contributed by atoms with Crippen molar-refractivity contribution in [1.29, 1.82) is 0 Å². The Hall–Kier alpha value is -1.29. The standard InChI is InChI=1S/C14H21NO3/c1-3-11-5-6-12(18-11)13(16)15-9-4-7-14(2,17)8-10-15/h5-6,17H,3-4,7-10H2,1-2H3. The maximum Gasteiger partial charge on any atom is 0.289 e.